The summed E-state index contributed by atoms with van der Waals surface area (Å²) in [7, 11) is 0. The van der Waals surface area contributed by atoms with Crippen LogP contribution in [0.5, 0.6) is 0 Å². The predicted octanol–water partition coefficient (Wildman–Crippen LogP) is 7.15. The Kier molecular flexibility index (Phi) is 6.18. The molecule has 2 aliphatic carbocycles. The zero-order valence-corrected chi connectivity index (χ0v) is 14.3. The maximum absolute atomic E-state index is 13.2. The average molecular weight is 398 g/mol. The van der Waals surface area contributed by atoms with Gasteiger partial charge < -0.3 is 0 Å². The largest absolute Gasteiger partial charge is 0.392 e. The lowest BCUT2D eigenvalue weighted by Crippen LogP contribution is -2.45. The quantitative estimate of drug-likeness (QED) is 0.434. The van der Waals surface area contributed by atoms with Crippen LogP contribution in [0, 0.1) is 35.5 Å². The normalized spacial score (nSPS) is 37.6. The monoisotopic (exact) mass is 398 g/mol. The van der Waals surface area contributed by atoms with Gasteiger partial charge in [0.15, 0.2) is 0 Å². The highest BCUT2D eigenvalue weighted by molar-refractivity contribution is 4.91. The second-order valence-electron chi connectivity index (χ2n) is 7.99. The van der Waals surface area contributed by atoms with Crippen molar-refractivity contribution in [1.82, 2.24) is 0 Å². The predicted molar refractivity (Wildman–Crippen MR) is 77.1 cm³/mol. The van der Waals surface area contributed by atoms with E-state index in [4.69, 9.17) is 0 Å². The molecule has 2 saturated carbocycles. The number of rotatable bonds is 2. The van der Waals surface area contributed by atoms with Crippen LogP contribution in [0.2, 0.25) is 0 Å². The molecule has 0 spiro atoms. The summed E-state index contributed by atoms with van der Waals surface area (Å²) in [6, 6.07) is 0. The summed E-state index contributed by atoms with van der Waals surface area (Å²) in [6.07, 6.45) is -14.0. The first-order valence-corrected chi connectivity index (χ1v) is 8.89. The minimum absolute atomic E-state index is 0.0946. The Balaban J connectivity index is 2.02. The van der Waals surface area contributed by atoms with Crippen molar-refractivity contribution in [3.8, 4) is 0 Å². The maximum Gasteiger partial charge on any atom is 0.392 e. The topological polar surface area (TPSA) is 0 Å². The van der Waals surface area contributed by atoms with Crippen molar-refractivity contribution in [2.75, 3.05) is 0 Å². The van der Waals surface area contributed by atoms with E-state index in [9.17, 15) is 39.5 Å². The van der Waals surface area contributed by atoms with Crippen molar-refractivity contribution in [3.05, 3.63) is 0 Å². The SMILES string of the molecule is CC1C(C(F)(F)F)CC(CC2CCC(C(F)(F)F)CC2)CC1C(F)(F)F. The third kappa shape index (κ3) is 5.21. The lowest BCUT2D eigenvalue weighted by molar-refractivity contribution is -0.250. The molecule has 0 amide bonds. The van der Waals surface area contributed by atoms with E-state index >= 15 is 0 Å². The minimum Gasteiger partial charge on any atom is -0.171 e. The average Bonchev–Trinajstić information content (AvgIpc) is 2.46. The van der Waals surface area contributed by atoms with E-state index in [2.05, 4.69) is 0 Å². The van der Waals surface area contributed by atoms with Gasteiger partial charge in [0.25, 0.3) is 0 Å². The number of halogens is 9. The highest BCUT2D eigenvalue weighted by Crippen LogP contribution is 2.53. The second-order valence-corrected chi connectivity index (χ2v) is 7.99. The van der Waals surface area contributed by atoms with E-state index in [0.29, 0.717) is 0 Å². The van der Waals surface area contributed by atoms with Crippen LogP contribution < -0.4 is 0 Å². The number of hydrogen-bond acceptors (Lipinski definition) is 0. The lowest BCUT2D eigenvalue weighted by Gasteiger charge is -2.43. The molecular weight excluding hydrogens is 375 g/mol. The molecular formula is C17H23F9. The smallest absolute Gasteiger partial charge is 0.171 e. The van der Waals surface area contributed by atoms with E-state index in [-0.39, 0.29) is 50.9 Å². The minimum atomic E-state index is -4.70. The first kappa shape index (κ1) is 21.7. The number of alkyl halides is 9. The van der Waals surface area contributed by atoms with Crippen LogP contribution in [0.3, 0.4) is 0 Å². The lowest BCUT2D eigenvalue weighted by atomic mass is 9.65. The van der Waals surface area contributed by atoms with Crippen LogP contribution in [-0.2, 0) is 0 Å². The van der Waals surface area contributed by atoms with Crippen molar-refractivity contribution < 1.29 is 39.5 Å². The molecule has 0 N–H and O–H groups in total. The van der Waals surface area contributed by atoms with Crippen LogP contribution in [0.15, 0.2) is 0 Å². The van der Waals surface area contributed by atoms with E-state index in [1.54, 1.807) is 0 Å². The Morgan fingerprint density at radius 3 is 1.38 bits per heavy atom. The Morgan fingerprint density at radius 1 is 0.615 bits per heavy atom. The van der Waals surface area contributed by atoms with Crippen molar-refractivity contribution >= 4 is 0 Å². The fourth-order valence-electron chi connectivity index (χ4n) is 4.78. The Bertz CT molecular complexity index is 430. The molecule has 2 unspecified atom stereocenters. The van der Waals surface area contributed by atoms with Crippen LogP contribution in [-0.4, -0.2) is 18.5 Å². The summed E-state index contributed by atoms with van der Waals surface area (Å²) in [5.74, 6) is -7.95. The molecule has 0 bridgehead atoms. The van der Waals surface area contributed by atoms with Gasteiger partial charge in [-0.25, -0.2) is 0 Å². The fraction of sp³-hybridized carbons (Fsp3) is 1.00. The fourth-order valence-corrected chi connectivity index (χ4v) is 4.78. The van der Waals surface area contributed by atoms with Crippen LogP contribution in [0.1, 0.15) is 51.9 Å². The molecule has 2 aliphatic rings. The molecule has 0 aromatic carbocycles. The van der Waals surface area contributed by atoms with Crippen molar-refractivity contribution in [2.45, 2.75) is 70.4 Å². The maximum atomic E-state index is 13.2. The third-order valence-electron chi connectivity index (χ3n) is 6.26. The Hall–Kier alpha value is -0.630. The van der Waals surface area contributed by atoms with Gasteiger partial charge >= 0.3 is 18.5 Å². The molecule has 0 aromatic rings. The van der Waals surface area contributed by atoms with Gasteiger partial charge in [-0.05, 0) is 62.7 Å². The molecule has 0 radical (unpaired) electrons. The summed E-state index contributed by atoms with van der Waals surface area (Å²) in [6.45, 7) is 1.00. The number of hydrogen-bond donors (Lipinski definition) is 0. The van der Waals surface area contributed by atoms with Crippen molar-refractivity contribution in [2.24, 2.45) is 35.5 Å². The highest BCUT2D eigenvalue weighted by atomic mass is 19.4. The van der Waals surface area contributed by atoms with Gasteiger partial charge in [0.05, 0.1) is 17.8 Å². The summed E-state index contributed by atoms with van der Waals surface area (Å²) < 4.78 is 117. The van der Waals surface area contributed by atoms with Gasteiger partial charge in [0.2, 0.25) is 0 Å². The van der Waals surface area contributed by atoms with Gasteiger partial charge in [-0.3, -0.25) is 0 Å². The van der Waals surface area contributed by atoms with Gasteiger partial charge in [0.1, 0.15) is 0 Å². The van der Waals surface area contributed by atoms with E-state index in [0.717, 1.165) is 6.92 Å². The molecule has 154 valence electrons. The molecule has 0 heterocycles. The molecule has 9 heteroatoms. The highest BCUT2D eigenvalue weighted by Gasteiger charge is 2.56. The van der Waals surface area contributed by atoms with Gasteiger partial charge in [-0.15, -0.1) is 0 Å². The van der Waals surface area contributed by atoms with Crippen LogP contribution in [0.4, 0.5) is 39.5 Å². The van der Waals surface area contributed by atoms with E-state index in [1.165, 1.54) is 0 Å². The molecule has 2 fully saturated rings. The molecule has 0 aromatic heterocycles. The van der Waals surface area contributed by atoms with Crippen molar-refractivity contribution in [3.63, 3.8) is 0 Å². The zero-order chi connectivity index (χ0) is 19.9. The first-order valence-electron chi connectivity index (χ1n) is 8.89. The summed E-state index contributed by atoms with van der Waals surface area (Å²) in [4.78, 5) is 0. The zero-order valence-electron chi connectivity index (χ0n) is 14.3. The standard InChI is InChI=1S/C17H23F9/c1-9-13(16(21,22)23)7-11(8-14(9)17(24,25)26)6-10-2-4-12(5-3-10)15(18,19)20/h9-14H,2-8H2,1H3. The summed E-state index contributed by atoms with van der Waals surface area (Å²) in [5.41, 5.74) is 0. The summed E-state index contributed by atoms with van der Waals surface area (Å²) in [5, 5.41) is 0. The van der Waals surface area contributed by atoms with Crippen molar-refractivity contribution in [1.29, 1.82) is 0 Å². The van der Waals surface area contributed by atoms with Gasteiger partial charge in [0, 0.05) is 0 Å². The molecule has 2 rings (SSSR count). The Morgan fingerprint density at radius 2 is 1.04 bits per heavy atom. The first-order chi connectivity index (χ1) is 11.7. The molecule has 0 nitrogen and oxygen atoms in total. The summed E-state index contributed by atoms with van der Waals surface area (Å²) >= 11 is 0. The van der Waals surface area contributed by atoms with Crippen LogP contribution >= 0.6 is 0 Å². The van der Waals surface area contributed by atoms with E-state index in [1.807, 2.05) is 0 Å². The Labute approximate surface area is 146 Å². The molecule has 0 aliphatic heterocycles. The second kappa shape index (κ2) is 7.41. The molecule has 2 atom stereocenters. The van der Waals surface area contributed by atoms with Gasteiger partial charge in [-0.1, -0.05) is 6.92 Å². The van der Waals surface area contributed by atoms with Crippen LogP contribution in [0.25, 0.3) is 0 Å². The molecule has 0 saturated heterocycles. The van der Waals surface area contributed by atoms with Gasteiger partial charge in [-0.2, -0.15) is 39.5 Å². The van der Waals surface area contributed by atoms with E-state index < -0.39 is 48.1 Å². The molecule has 26 heavy (non-hydrogen) atoms. The third-order valence-corrected chi connectivity index (χ3v) is 6.26.